The molecule has 1 aromatic rings. The quantitative estimate of drug-likeness (QED) is 0.756. The summed E-state index contributed by atoms with van der Waals surface area (Å²) in [5.41, 5.74) is 3.70. The lowest BCUT2D eigenvalue weighted by atomic mass is 9.57. The van der Waals surface area contributed by atoms with Gasteiger partial charge < -0.3 is 10.2 Å². The predicted molar refractivity (Wildman–Crippen MR) is 84.2 cm³/mol. The van der Waals surface area contributed by atoms with E-state index in [0.29, 0.717) is 23.5 Å². The van der Waals surface area contributed by atoms with Crippen molar-refractivity contribution in [3.05, 3.63) is 34.9 Å². The molecule has 0 bridgehead atoms. The summed E-state index contributed by atoms with van der Waals surface area (Å²) in [5.74, 6) is 1.90. The zero-order chi connectivity index (χ0) is 14.8. The van der Waals surface area contributed by atoms with Crippen LogP contribution < -0.4 is 0 Å². The van der Waals surface area contributed by atoms with Gasteiger partial charge in [0.2, 0.25) is 0 Å². The van der Waals surface area contributed by atoms with Gasteiger partial charge in [0.1, 0.15) is 5.75 Å². The lowest BCUT2D eigenvalue weighted by Crippen LogP contribution is -2.42. The molecule has 0 heterocycles. The van der Waals surface area contributed by atoms with Gasteiger partial charge >= 0.3 is 0 Å². The highest BCUT2D eigenvalue weighted by molar-refractivity contribution is 5.65. The monoisotopic (exact) mass is 284 g/mol. The molecule has 2 fully saturated rings. The molecule has 0 saturated heterocycles. The maximum absolute atomic E-state index is 10.4. The number of hydrogen-bond acceptors (Lipinski definition) is 2. The Balaban J connectivity index is 1.81. The van der Waals surface area contributed by atoms with E-state index in [1.54, 1.807) is 0 Å². The third-order valence-corrected chi connectivity index (χ3v) is 6.62. The fourth-order valence-electron chi connectivity index (χ4n) is 5.32. The van der Waals surface area contributed by atoms with Crippen LogP contribution in [-0.4, -0.2) is 16.3 Å². The molecule has 0 aliphatic heterocycles. The zero-order valence-corrected chi connectivity index (χ0v) is 12.8. The lowest BCUT2D eigenvalue weighted by molar-refractivity contribution is -0.00820. The second-order valence-corrected chi connectivity index (χ2v) is 7.52. The standard InChI is InChI=1S/C19H24O2/c1-11-3-7-16(20)18-12(11)4-5-13-14(18)9-10-19(2)15(13)6-8-17(19)21/h3-5,7,13-15,17,20-21H,6,8-10H2,1-2H3/t13-,14+,15+,17-,19+/m1/s1. The number of aryl methyl sites for hydroxylation is 1. The third-order valence-electron chi connectivity index (χ3n) is 6.62. The molecule has 3 aliphatic carbocycles. The molecule has 3 aliphatic rings. The van der Waals surface area contributed by atoms with Gasteiger partial charge in [-0.25, -0.2) is 0 Å². The van der Waals surface area contributed by atoms with E-state index >= 15 is 0 Å². The lowest BCUT2D eigenvalue weighted by Gasteiger charge is -2.48. The molecule has 0 amide bonds. The summed E-state index contributed by atoms with van der Waals surface area (Å²) in [7, 11) is 0. The highest BCUT2D eigenvalue weighted by atomic mass is 16.3. The Hall–Kier alpha value is -1.28. The van der Waals surface area contributed by atoms with Gasteiger partial charge in [0, 0.05) is 5.56 Å². The molecule has 2 heteroatoms. The van der Waals surface area contributed by atoms with E-state index in [4.69, 9.17) is 0 Å². The van der Waals surface area contributed by atoms with E-state index < -0.39 is 0 Å². The number of phenols is 1. The van der Waals surface area contributed by atoms with Crippen molar-refractivity contribution in [1.29, 1.82) is 0 Å². The van der Waals surface area contributed by atoms with Gasteiger partial charge in [-0.15, -0.1) is 0 Å². The predicted octanol–water partition coefficient (Wildman–Crippen LogP) is 4.00. The first-order chi connectivity index (χ1) is 10.0. The van der Waals surface area contributed by atoms with Gasteiger partial charge in [-0.1, -0.05) is 25.1 Å². The van der Waals surface area contributed by atoms with Crippen LogP contribution in [0, 0.1) is 24.2 Å². The summed E-state index contributed by atoms with van der Waals surface area (Å²) >= 11 is 0. The van der Waals surface area contributed by atoms with Crippen LogP contribution in [-0.2, 0) is 0 Å². The number of aliphatic hydroxyl groups is 1. The van der Waals surface area contributed by atoms with Crippen molar-refractivity contribution in [2.75, 3.05) is 0 Å². The molecule has 2 N–H and O–H groups in total. The molecule has 21 heavy (non-hydrogen) atoms. The number of rotatable bonds is 0. The molecule has 112 valence electrons. The average molecular weight is 284 g/mol. The van der Waals surface area contributed by atoms with Crippen LogP contribution in [0.25, 0.3) is 6.08 Å². The van der Waals surface area contributed by atoms with Gasteiger partial charge in [0.05, 0.1) is 6.10 Å². The third kappa shape index (κ3) is 1.69. The fourth-order valence-corrected chi connectivity index (χ4v) is 5.32. The van der Waals surface area contributed by atoms with Gasteiger partial charge in [-0.3, -0.25) is 0 Å². The number of aromatic hydroxyl groups is 1. The van der Waals surface area contributed by atoms with Crippen LogP contribution in [0.3, 0.4) is 0 Å². The number of aliphatic hydroxyl groups excluding tert-OH is 1. The Morgan fingerprint density at radius 1 is 1.19 bits per heavy atom. The Morgan fingerprint density at radius 3 is 2.81 bits per heavy atom. The molecule has 5 atom stereocenters. The normalized spacial score (nSPS) is 40.5. The second-order valence-electron chi connectivity index (χ2n) is 7.52. The van der Waals surface area contributed by atoms with Crippen molar-refractivity contribution < 1.29 is 10.2 Å². The van der Waals surface area contributed by atoms with Gasteiger partial charge in [-0.05, 0) is 73.0 Å². The topological polar surface area (TPSA) is 40.5 Å². The summed E-state index contributed by atoms with van der Waals surface area (Å²) in [6, 6.07) is 3.85. The molecule has 2 nitrogen and oxygen atoms in total. The Kier molecular flexibility index (Phi) is 2.78. The average Bonchev–Trinajstić information content (AvgIpc) is 2.78. The highest BCUT2D eigenvalue weighted by Crippen LogP contribution is 2.61. The number of hydrogen-bond donors (Lipinski definition) is 2. The van der Waals surface area contributed by atoms with Crippen molar-refractivity contribution >= 4 is 6.08 Å². The van der Waals surface area contributed by atoms with Crippen LogP contribution in [0.2, 0.25) is 0 Å². The number of phenolic OH excluding ortho intramolecular Hbond substituents is 1. The van der Waals surface area contributed by atoms with E-state index in [-0.39, 0.29) is 11.5 Å². The van der Waals surface area contributed by atoms with E-state index in [9.17, 15) is 10.2 Å². The zero-order valence-electron chi connectivity index (χ0n) is 12.8. The van der Waals surface area contributed by atoms with E-state index in [0.717, 1.165) is 31.2 Å². The molecule has 1 aromatic carbocycles. The SMILES string of the molecule is Cc1ccc(O)c2c1C=C[C@@H]1[C@@H]2CC[C@]2(C)[C@H](O)CC[C@@H]12. The molecule has 2 saturated carbocycles. The van der Waals surface area contributed by atoms with Crippen LogP contribution in [0.4, 0.5) is 0 Å². The first kappa shape index (κ1) is 13.4. The van der Waals surface area contributed by atoms with Crippen molar-refractivity contribution in [3.8, 4) is 5.75 Å². The van der Waals surface area contributed by atoms with Crippen molar-refractivity contribution in [3.63, 3.8) is 0 Å². The van der Waals surface area contributed by atoms with E-state index in [2.05, 4.69) is 26.0 Å². The summed E-state index contributed by atoms with van der Waals surface area (Å²) < 4.78 is 0. The molecular weight excluding hydrogens is 260 g/mol. The van der Waals surface area contributed by atoms with Gasteiger partial charge in [0.15, 0.2) is 0 Å². The van der Waals surface area contributed by atoms with Crippen molar-refractivity contribution in [2.45, 2.75) is 51.6 Å². The van der Waals surface area contributed by atoms with Crippen LogP contribution in [0.1, 0.15) is 55.2 Å². The maximum atomic E-state index is 10.4. The fraction of sp³-hybridized carbons (Fsp3) is 0.579. The van der Waals surface area contributed by atoms with Gasteiger partial charge in [0.25, 0.3) is 0 Å². The Bertz CT molecular complexity index is 618. The summed E-state index contributed by atoms with van der Waals surface area (Å²) in [6.45, 7) is 4.39. The first-order valence-electron chi connectivity index (χ1n) is 8.21. The number of allylic oxidation sites excluding steroid dienone is 1. The minimum Gasteiger partial charge on any atom is -0.508 e. The van der Waals surface area contributed by atoms with Crippen molar-refractivity contribution in [2.24, 2.45) is 17.3 Å². The summed E-state index contributed by atoms with van der Waals surface area (Å²) in [6.07, 6.45) is 8.62. The minimum atomic E-state index is -0.149. The van der Waals surface area contributed by atoms with E-state index in [1.165, 1.54) is 11.1 Å². The molecular formula is C19H24O2. The molecule has 0 radical (unpaired) electrons. The Labute approximate surface area is 126 Å². The van der Waals surface area contributed by atoms with Crippen molar-refractivity contribution in [1.82, 2.24) is 0 Å². The largest absolute Gasteiger partial charge is 0.508 e. The number of benzene rings is 1. The van der Waals surface area contributed by atoms with Gasteiger partial charge in [-0.2, -0.15) is 0 Å². The molecule has 4 rings (SSSR count). The molecule has 0 aromatic heterocycles. The maximum Gasteiger partial charge on any atom is 0.119 e. The molecule has 0 unspecified atom stereocenters. The van der Waals surface area contributed by atoms with E-state index in [1.807, 2.05) is 12.1 Å². The summed E-state index contributed by atoms with van der Waals surface area (Å²) in [5, 5.41) is 20.8. The smallest absolute Gasteiger partial charge is 0.119 e. The second kappa shape index (κ2) is 4.36. The van der Waals surface area contributed by atoms with Crippen LogP contribution >= 0.6 is 0 Å². The Morgan fingerprint density at radius 2 is 2.00 bits per heavy atom. The minimum absolute atomic E-state index is 0.0719. The summed E-state index contributed by atoms with van der Waals surface area (Å²) in [4.78, 5) is 0. The van der Waals surface area contributed by atoms with Crippen LogP contribution in [0.5, 0.6) is 5.75 Å². The number of fused-ring (bicyclic) bond motifs is 5. The molecule has 0 spiro atoms. The highest BCUT2D eigenvalue weighted by Gasteiger charge is 2.54. The first-order valence-corrected chi connectivity index (χ1v) is 8.21. The van der Waals surface area contributed by atoms with Crippen LogP contribution in [0.15, 0.2) is 18.2 Å².